The number of halogens is 1. The molecule has 0 aliphatic carbocycles. The highest BCUT2D eigenvalue weighted by Crippen LogP contribution is 2.34. The van der Waals surface area contributed by atoms with E-state index in [0.717, 1.165) is 11.3 Å². The first-order chi connectivity index (χ1) is 11.5. The molecule has 24 heavy (non-hydrogen) atoms. The van der Waals surface area contributed by atoms with Gasteiger partial charge in [0, 0.05) is 18.3 Å². The third kappa shape index (κ3) is 4.43. The van der Waals surface area contributed by atoms with Crippen molar-refractivity contribution in [3.05, 3.63) is 53.3 Å². The minimum atomic E-state index is 0.454. The average Bonchev–Trinajstić information content (AvgIpc) is 2.58. The van der Waals surface area contributed by atoms with Crippen LogP contribution in [0.2, 0.25) is 5.02 Å². The smallest absolute Gasteiger partial charge is 0.162 e. The summed E-state index contributed by atoms with van der Waals surface area (Å²) in [6, 6.07) is 8.77. The fraction of sp³-hybridized carbons (Fsp3) is 0.167. The molecule has 0 unspecified atom stereocenters. The van der Waals surface area contributed by atoms with Crippen molar-refractivity contribution >= 4 is 29.2 Å². The second kappa shape index (κ2) is 8.26. The Morgan fingerprint density at radius 3 is 2.46 bits per heavy atom. The number of aryl methyl sites for hydroxylation is 1. The topological polar surface area (TPSA) is 66.1 Å². The van der Waals surface area contributed by atoms with Gasteiger partial charge in [-0.25, -0.2) is 0 Å². The first kappa shape index (κ1) is 17.7. The first-order valence-corrected chi connectivity index (χ1v) is 7.56. The molecule has 0 bridgehead atoms. The molecule has 0 radical (unpaired) electrons. The van der Waals surface area contributed by atoms with Gasteiger partial charge in [-0.1, -0.05) is 11.6 Å². The normalized spacial score (nSPS) is 11.2. The summed E-state index contributed by atoms with van der Waals surface area (Å²) in [4.78, 5) is 4.38. The van der Waals surface area contributed by atoms with Crippen LogP contribution in [0.5, 0.6) is 17.2 Å². The van der Waals surface area contributed by atoms with Gasteiger partial charge in [0.05, 0.1) is 36.9 Å². The molecule has 0 fully saturated rings. The van der Waals surface area contributed by atoms with Gasteiger partial charge in [0.25, 0.3) is 0 Å². The van der Waals surface area contributed by atoms with E-state index in [0.29, 0.717) is 28.0 Å². The molecule has 0 aromatic heterocycles. The first-order valence-electron chi connectivity index (χ1n) is 7.18. The highest BCUT2D eigenvalue weighted by atomic mass is 35.5. The molecule has 2 rings (SSSR count). The van der Waals surface area contributed by atoms with Gasteiger partial charge in [0.2, 0.25) is 0 Å². The number of hydrogen-bond donors (Lipinski definition) is 1. The van der Waals surface area contributed by atoms with E-state index in [1.807, 2.05) is 19.1 Å². The number of hydrogen-bond acceptors (Lipinski definition) is 5. The van der Waals surface area contributed by atoms with Gasteiger partial charge in [-0.05, 0) is 36.8 Å². The summed E-state index contributed by atoms with van der Waals surface area (Å²) >= 11 is 5.93. The van der Waals surface area contributed by atoms with E-state index >= 15 is 0 Å². The Hall–Kier alpha value is -2.66. The number of ether oxygens (including phenoxy) is 3. The van der Waals surface area contributed by atoms with Crippen molar-refractivity contribution in [3.8, 4) is 17.2 Å². The quantitative estimate of drug-likeness (QED) is 0.473. The zero-order chi connectivity index (χ0) is 17.5. The number of anilines is 1. The number of rotatable bonds is 6. The maximum atomic E-state index is 5.93. The maximum absolute atomic E-state index is 5.93. The van der Waals surface area contributed by atoms with Crippen LogP contribution in [0.1, 0.15) is 5.56 Å². The second-order valence-electron chi connectivity index (χ2n) is 4.90. The van der Waals surface area contributed by atoms with Gasteiger partial charge in [-0.15, -0.1) is 0 Å². The Morgan fingerprint density at radius 1 is 1.08 bits per heavy atom. The Balaban J connectivity index is 2.04. The summed E-state index contributed by atoms with van der Waals surface area (Å²) in [5, 5.41) is 0.454. The van der Waals surface area contributed by atoms with Gasteiger partial charge in [-0.2, -0.15) is 0 Å². The molecule has 0 aliphatic heterocycles. The van der Waals surface area contributed by atoms with Gasteiger partial charge < -0.3 is 19.9 Å². The maximum Gasteiger partial charge on any atom is 0.162 e. The fourth-order valence-corrected chi connectivity index (χ4v) is 2.14. The lowest BCUT2D eigenvalue weighted by atomic mass is 10.2. The van der Waals surface area contributed by atoms with Crippen LogP contribution in [-0.2, 0) is 0 Å². The van der Waals surface area contributed by atoms with Crippen molar-refractivity contribution in [1.29, 1.82) is 0 Å². The lowest BCUT2D eigenvalue weighted by Gasteiger charge is -2.09. The SMILES string of the molecule is COc1cc(C)c(/N=C\C=C\Oc2ccc(N)c(Cl)c2)cc1OC. The molecule has 2 aromatic rings. The zero-order valence-electron chi connectivity index (χ0n) is 13.7. The standard InChI is InChI=1S/C18H19ClN2O3/c1-12-9-17(22-2)18(23-3)11-16(12)21-7-4-8-24-13-5-6-15(20)14(19)10-13/h4-11H,20H2,1-3H3/b8-4+,21-7-. The predicted octanol–water partition coefficient (Wildman–Crippen LogP) is 4.54. The van der Waals surface area contributed by atoms with E-state index in [4.69, 9.17) is 31.5 Å². The summed E-state index contributed by atoms with van der Waals surface area (Å²) in [6.07, 6.45) is 4.83. The van der Waals surface area contributed by atoms with Crippen LogP contribution in [0.25, 0.3) is 0 Å². The number of nitrogens with two attached hydrogens (primary N) is 1. The minimum Gasteiger partial charge on any atom is -0.493 e. The monoisotopic (exact) mass is 346 g/mol. The molecule has 0 saturated carbocycles. The van der Waals surface area contributed by atoms with E-state index < -0.39 is 0 Å². The van der Waals surface area contributed by atoms with Gasteiger partial charge >= 0.3 is 0 Å². The molecule has 2 N–H and O–H groups in total. The number of nitrogen functional groups attached to an aromatic ring is 1. The van der Waals surface area contributed by atoms with Crippen LogP contribution < -0.4 is 19.9 Å². The Labute approximate surface area is 146 Å². The molecule has 6 heteroatoms. The van der Waals surface area contributed by atoms with Crippen LogP contribution in [-0.4, -0.2) is 20.4 Å². The predicted molar refractivity (Wildman–Crippen MR) is 98.1 cm³/mol. The second-order valence-corrected chi connectivity index (χ2v) is 5.31. The van der Waals surface area contributed by atoms with Gasteiger partial charge in [0.15, 0.2) is 11.5 Å². The summed E-state index contributed by atoms with van der Waals surface area (Å²) in [6.45, 7) is 1.95. The Bertz CT molecular complexity index is 773. The van der Waals surface area contributed by atoms with Crippen molar-refractivity contribution in [3.63, 3.8) is 0 Å². The lowest BCUT2D eigenvalue weighted by molar-refractivity contribution is 0.355. The zero-order valence-corrected chi connectivity index (χ0v) is 14.5. The molecule has 2 aromatic carbocycles. The van der Waals surface area contributed by atoms with Gasteiger partial charge in [0.1, 0.15) is 5.75 Å². The largest absolute Gasteiger partial charge is 0.493 e. The summed E-state index contributed by atoms with van der Waals surface area (Å²) in [5.41, 5.74) is 7.92. The minimum absolute atomic E-state index is 0.454. The number of aliphatic imine (C=N–C) groups is 1. The van der Waals surface area contributed by atoms with Crippen molar-refractivity contribution in [2.75, 3.05) is 20.0 Å². The van der Waals surface area contributed by atoms with E-state index in [9.17, 15) is 0 Å². The van der Waals surface area contributed by atoms with Crippen LogP contribution in [0.4, 0.5) is 11.4 Å². The van der Waals surface area contributed by atoms with Crippen molar-refractivity contribution < 1.29 is 14.2 Å². The summed E-state index contributed by atoms with van der Waals surface area (Å²) in [5.74, 6) is 1.90. The third-order valence-corrected chi connectivity index (χ3v) is 3.58. The van der Waals surface area contributed by atoms with Crippen LogP contribution in [0.3, 0.4) is 0 Å². The van der Waals surface area contributed by atoms with Crippen LogP contribution >= 0.6 is 11.6 Å². The van der Waals surface area contributed by atoms with Crippen molar-refractivity contribution in [2.45, 2.75) is 6.92 Å². The third-order valence-electron chi connectivity index (χ3n) is 3.26. The fourth-order valence-electron chi connectivity index (χ4n) is 1.97. The van der Waals surface area contributed by atoms with Crippen LogP contribution in [0, 0.1) is 6.92 Å². The molecule has 0 aliphatic rings. The molecule has 0 amide bonds. The molecule has 5 nitrogen and oxygen atoms in total. The molecule has 0 spiro atoms. The Morgan fingerprint density at radius 2 is 1.79 bits per heavy atom. The van der Waals surface area contributed by atoms with E-state index in [1.165, 1.54) is 6.26 Å². The van der Waals surface area contributed by atoms with Crippen molar-refractivity contribution in [2.24, 2.45) is 4.99 Å². The van der Waals surface area contributed by atoms with Gasteiger partial charge in [-0.3, -0.25) is 4.99 Å². The summed E-state index contributed by atoms with van der Waals surface area (Å²) < 4.78 is 16.0. The van der Waals surface area contributed by atoms with Crippen molar-refractivity contribution in [1.82, 2.24) is 0 Å². The molecular weight excluding hydrogens is 328 g/mol. The summed E-state index contributed by atoms with van der Waals surface area (Å²) in [7, 11) is 3.19. The number of benzene rings is 2. The van der Waals surface area contributed by atoms with Crippen LogP contribution in [0.15, 0.2) is 47.7 Å². The van der Waals surface area contributed by atoms with E-state index in [-0.39, 0.29) is 0 Å². The van der Waals surface area contributed by atoms with E-state index in [2.05, 4.69) is 4.99 Å². The number of allylic oxidation sites excluding steroid dienone is 1. The molecular formula is C18H19ClN2O3. The van der Waals surface area contributed by atoms with E-state index in [1.54, 1.807) is 44.7 Å². The lowest BCUT2D eigenvalue weighted by Crippen LogP contribution is -1.91. The number of nitrogens with zero attached hydrogens (tertiary/aromatic N) is 1. The number of methoxy groups -OCH3 is 2. The molecule has 0 atom stereocenters. The molecule has 0 saturated heterocycles. The highest BCUT2D eigenvalue weighted by molar-refractivity contribution is 6.33. The molecule has 0 heterocycles. The average molecular weight is 347 g/mol. The molecule has 126 valence electrons. The Kier molecular flexibility index (Phi) is 6.09. The highest BCUT2D eigenvalue weighted by Gasteiger charge is 2.07.